The first-order valence-corrected chi connectivity index (χ1v) is 8.02. The number of carboxylic acids is 1. The Bertz CT molecular complexity index is 611. The van der Waals surface area contributed by atoms with Crippen LogP contribution >= 0.6 is 0 Å². The van der Waals surface area contributed by atoms with Crippen molar-refractivity contribution in [3.05, 3.63) is 18.0 Å². The van der Waals surface area contributed by atoms with Gasteiger partial charge in [-0.2, -0.15) is 0 Å². The zero-order valence-electron chi connectivity index (χ0n) is 13.3. The number of carbonyl (C=O) groups excluding carboxylic acids is 1. The van der Waals surface area contributed by atoms with Crippen molar-refractivity contribution in [2.24, 2.45) is 17.8 Å². The Balaban J connectivity index is 1.49. The number of carbonyl (C=O) groups is 2. The Kier molecular flexibility index (Phi) is 4.63. The van der Waals surface area contributed by atoms with Crippen LogP contribution in [0.5, 0.6) is 0 Å². The van der Waals surface area contributed by atoms with Crippen molar-refractivity contribution in [2.45, 2.75) is 19.4 Å². The predicted molar refractivity (Wildman–Crippen MR) is 83.7 cm³/mol. The molecule has 9 heteroatoms. The molecule has 2 fully saturated rings. The summed E-state index contributed by atoms with van der Waals surface area (Å²) in [6, 6.07) is -0.476. The minimum absolute atomic E-state index is 0.201. The summed E-state index contributed by atoms with van der Waals surface area (Å²) >= 11 is 0. The Hall–Kier alpha value is -2.26. The lowest BCUT2D eigenvalue weighted by Crippen LogP contribution is -2.38. The first-order valence-electron chi connectivity index (χ1n) is 8.02. The van der Waals surface area contributed by atoms with Gasteiger partial charge in [0.1, 0.15) is 6.04 Å². The van der Waals surface area contributed by atoms with Gasteiger partial charge in [0.2, 0.25) is 5.95 Å². The van der Waals surface area contributed by atoms with Crippen LogP contribution in [0.2, 0.25) is 0 Å². The lowest BCUT2D eigenvalue weighted by Gasteiger charge is -2.20. The zero-order valence-corrected chi connectivity index (χ0v) is 13.3. The van der Waals surface area contributed by atoms with Crippen molar-refractivity contribution in [2.75, 3.05) is 24.5 Å². The molecule has 1 aliphatic carbocycles. The van der Waals surface area contributed by atoms with Crippen molar-refractivity contribution >= 4 is 17.8 Å². The van der Waals surface area contributed by atoms with E-state index in [-0.39, 0.29) is 5.56 Å². The van der Waals surface area contributed by atoms with Gasteiger partial charge in [-0.1, -0.05) is 6.92 Å². The third kappa shape index (κ3) is 3.17. The highest BCUT2D eigenvalue weighted by Gasteiger charge is 2.55. The number of anilines is 1. The smallest absolute Gasteiger partial charge is 0.320 e. The van der Waals surface area contributed by atoms with Crippen LogP contribution in [0.4, 0.5) is 5.95 Å². The van der Waals surface area contributed by atoms with Crippen LogP contribution in [-0.2, 0) is 4.79 Å². The minimum atomic E-state index is -0.801. The third-order valence-corrected chi connectivity index (χ3v) is 4.96. The zero-order chi connectivity index (χ0) is 17.3. The normalized spacial score (nSPS) is 25.9. The molecule has 1 saturated heterocycles. The van der Waals surface area contributed by atoms with Crippen LogP contribution in [0.15, 0.2) is 12.4 Å². The maximum Gasteiger partial charge on any atom is 0.320 e. The Morgan fingerprint density at radius 2 is 1.96 bits per heavy atom. The molecule has 3 rings (SSSR count). The molecule has 3 atom stereocenters. The fourth-order valence-electron chi connectivity index (χ4n) is 3.47. The molecule has 1 aromatic heterocycles. The topological polar surface area (TPSA) is 128 Å². The third-order valence-electron chi connectivity index (χ3n) is 4.96. The highest BCUT2D eigenvalue weighted by Crippen LogP contribution is 2.51. The summed E-state index contributed by atoms with van der Waals surface area (Å²) in [6.45, 7) is 4.27. The van der Waals surface area contributed by atoms with E-state index in [1.807, 2.05) is 6.92 Å². The molecule has 1 saturated carbocycles. The number of hydrogen-bond donors (Lipinski definition) is 4. The molecule has 1 aromatic rings. The van der Waals surface area contributed by atoms with Crippen LogP contribution in [0, 0.1) is 17.8 Å². The van der Waals surface area contributed by atoms with Gasteiger partial charge in [0, 0.05) is 25.5 Å². The first kappa shape index (κ1) is 16.6. The van der Waals surface area contributed by atoms with Gasteiger partial charge in [0.05, 0.1) is 5.56 Å². The lowest BCUT2D eigenvalue weighted by atomic mass is 10.2. The molecule has 130 valence electrons. The van der Waals surface area contributed by atoms with Gasteiger partial charge in [-0.3, -0.25) is 14.8 Å². The van der Waals surface area contributed by atoms with Crippen LogP contribution in [0.1, 0.15) is 23.7 Å². The SMILES string of the molecule is CC[C@H](NCC1C2CN(c3ncc(C(=O)NO)cn3)CC12)C(=O)O. The van der Waals surface area contributed by atoms with E-state index in [0.29, 0.717) is 30.1 Å². The van der Waals surface area contributed by atoms with Gasteiger partial charge in [-0.15, -0.1) is 0 Å². The largest absolute Gasteiger partial charge is 0.480 e. The summed E-state index contributed by atoms with van der Waals surface area (Å²) in [7, 11) is 0. The second kappa shape index (κ2) is 6.70. The van der Waals surface area contributed by atoms with E-state index >= 15 is 0 Å². The fraction of sp³-hybridized carbons (Fsp3) is 0.600. The summed E-state index contributed by atoms with van der Waals surface area (Å²) in [5.74, 6) is 0.710. The van der Waals surface area contributed by atoms with Crippen LogP contribution in [0.25, 0.3) is 0 Å². The van der Waals surface area contributed by atoms with E-state index in [1.54, 1.807) is 5.48 Å². The second-order valence-electron chi connectivity index (χ2n) is 6.32. The number of rotatable bonds is 7. The quantitative estimate of drug-likeness (QED) is 0.396. The summed E-state index contributed by atoms with van der Waals surface area (Å²) in [5, 5.41) is 20.7. The molecule has 4 N–H and O–H groups in total. The monoisotopic (exact) mass is 335 g/mol. The number of aliphatic carboxylic acids is 1. The highest BCUT2D eigenvalue weighted by atomic mass is 16.5. The lowest BCUT2D eigenvalue weighted by molar-refractivity contribution is -0.139. The molecule has 0 spiro atoms. The molecular weight excluding hydrogens is 314 g/mol. The number of hydrogen-bond acceptors (Lipinski definition) is 7. The minimum Gasteiger partial charge on any atom is -0.480 e. The van der Waals surface area contributed by atoms with E-state index in [4.69, 9.17) is 10.3 Å². The molecule has 24 heavy (non-hydrogen) atoms. The molecular formula is C15H21N5O4. The molecule has 9 nitrogen and oxygen atoms in total. The average Bonchev–Trinajstić information content (AvgIpc) is 3.04. The van der Waals surface area contributed by atoms with Crippen LogP contribution in [-0.4, -0.2) is 57.8 Å². The average molecular weight is 335 g/mol. The molecule has 2 heterocycles. The van der Waals surface area contributed by atoms with E-state index in [2.05, 4.69) is 20.2 Å². The van der Waals surface area contributed by atoms with Crippen molar-refractivity contribution in [3.8, 4) is 0 Å². The molecule has 0 bridgehead atoms. The van der Waals surface area contributed by atoms with Gasteiger partial charge in [-0.25, -0.2) is 15.4 Å². The maximum absolute atomic E-state index is 11.2. The highest BCUT2D eigenvalue weighted by molar-refractivity contribution is 5.92. The molecule has 2 aliphatic rings. The van der Waals surface area contributed by atoms with Gasteiger partial charge in [0.25, 0.3) is 5.91 Å². The molecule has 1 amide bonds. The molecule has 1 aliphatic heterocycles. The molecule has 0 aromatic carbocycles. The first-order chi connectivity index (χ1) is 11.5. The number of hydroxylamine groups is 1. The summed E-state index contributed by atoms with van der Waals surface area (Å²) in [6.07, 6.45) is 3.34. The Morgan fingerprint density at radius 1 is 1.33 bits per heavy atom. The van der Waals surface area contributed by atoms with E-state index in [1.165, 1.54) is 12.4 Å². The summed E-state index contributed by atoms with van der Waals surface area (Å²) < 4.78 is 0. The number of nitrogens with zero attached hydrogens (tertiary/aromatic N) is 3. The van der Waals surface area contributed by atoms with Gasteiger partial charge >= 0.3 is 5.97 Å². The summed E-state index contributed by atoms with van der Waals surface area (Å²) in [5.41, 5.74) is 1.75. The Labute approximate surface area is 139 Å². The number of fused-ring (bicyclic) bond motifs is 1. The standard InChI is InChI=1S/C15H21N5O4/c1-2-12(14(22)23)16-5-9-10-6-20(7-11(9)10)15-17-3-8(4-18-15)13(21)19-24/h3-4,9-12,16,24H,2,5-7H2,1H3,(H,19,21)(H,22,23)/t9?,10?,11?,12-/m0/s1. The fourth-order valence-corrected chi connectivity index (χ4v) is 3.47. The number of carboxylic acid groups (broad SMARTS) is 1. The molecule has 2 unspecified atom stereocenters. The van der Waals surface area contributed by atoms with Crippen LogP contribution in [0.3, 0.4) is 0 Å². The van der Waals surface area contributed by atoms with Crippen molar-refractivity contribution in [1.82, 2.24) is 20.8 Å². The number of piperidine rings is 1. The van der Waals surface area contributed by atoms with Gasteiger partial charge in [0.15, 0.2) is 0 Å². The van der Waals surface area contributed by atoms with Crippen molar-refractivity contribution < 1.29 is 19.9 Å². The predicted octanol–water partition coefficient (Wildman–Crippen LogP) is -0.269. The summed E-state index contributed by atoms with van der Waals surface area (Å²) in [4.78, 5) is 32.7. The molecule has 0 radical (unpaired) electrons. The number of nitrogens with one attached hydrogen (secondary N) is 2. The maximum atomic E-state index is 11.2. The number of amides is 1. The second-order valence-corrected chi connectivity index (χ2v) is 6.32. The van der Waals surface area contributed by atoms with Crippen molar-refractivity contribution in [1.29, 1.82) is 0 Å². The van der Waals surface area contributed by atoms with Crippen molar-refractivity contribution in [3.63, 3.8) is 0 Å². The van der Waals surface area contributed by atoms with Gasteiger partial charge in [-0.05, 0) is 30.7 Å². The van der Waals surface area contributed by atoms with E-state index < -0.39 is 17.9 Å². The van der Waals surface area contributed by atoms with Gasteiger partial charge < -0.3 is 15.3 Å². The number of aromatic nitrogens is 2. The Morgan fingerprint density at radius 3 is 2.46 bits per heavy atom. The van der Waals surface area contributed by atoms with E-state index in [9.17, 15) is 9.59 Å². The van der Waals surface area contributed by atoms with Crippen LogP contribution < -0.4 is 15.7 Å². The van der Waals surface area contributed by atoms with E-state index in [0.717, 1.165) is 19.6 Å².